The monoisotopic (exact) mass is 596 g/mol. The molecule has 0 radical (unpaired) electrons. The van der Waals surface area contributed by atoms with Crippen molar-refractivity contribution in [2.24, 2.45) is 0 Å². The molecule has 2 aliphatic rings. The summed E-state index contributed by atoms with van der Waals surface area (Å²) in [5.74, 6) is -0.792. The lowest BCUT2D eigenvalue weighted by atomic mass is 10.0. The molecule has 1 atom stereocenters. The van der Waals surface area contributed by atoms with Crippen molar-refractivity contribution in [1.29, 1.82) is 0 Å². The largest absolute Gasteiger partial charge is 0.495 e. The summed E-state index contributed by atoms with van der Waals surface area (Å²) in [5.41, 5.74) is 1.37. The van der Waals surface area contributed by atoms with Crippen molar-refractivity contribution in [3.63, 3.8) is 0 Å². The summed E-state index contributed by atoms with van der Waals surface area (Å²) in [6.45, 7) is 7.99. The number of carbonyl (C=O) groups excluding carboxylic acids is 2. The van der Waals surface area contributed by atoms with Gasteiger partial charge in [-0.05, 0) is 51.3 Å². The molecule has 0 bridgehead atoms. The summed E-state index contributed by atoms with van der Waals surface area (Å²) >= 11 is 6.33. The van der Waals surface area contributed by atoms with Gasteiger partial charge in [-0.25, -0.2) is 9.37 Å². The average molecular weight is 597 g/mol. The van der Waals surface area contributed by atoms with Gasteiger partial charge in [-0.2, -0.15) is 4.98 Å². The quantitative estimate of drug-likeness (QED) is 0.348. The number of hydrogen-bond donors (Lipinski definition) is 2. The second kappa shape index (κ2) is 12.1. The molecular weight excluding hydrogens is 563 g/mol. The topological polar surface area (TPSA) is 109 Å². The summed E-state index contributed by atoms with van der Waals surface area (Å²) in [6, 6.07) is 8.18. The van der Waals surface area contributed by atoms with Gasteiger partial charge >= 0.3 is 0 Å². The minimum absolute atomic E-state index is 0.0107. The van der Waals surface area contributed by atoms with Gasteiger partial charge in [0.25, 0.3) is 11.8 Å². The van der Waals surface area contributed by atoms with Gasteiger partial charge in [0.15, 0.2) is 0 Å². The number of carbonyl (C=O) groups is 2. The Labute approximate surface area is 249 Å². The van der Waals surface area contributed by atoms with Gasteiger partial charge in [0.05, 0.1) is 36.2 Å². The Morgan fingerprint density at radius 3 is 2.62 bits per heavy atom. The molecule has 2 aliphatic heterocycles. The zero-order valence-corrected chi connectivity index (χ0v) is 25.0. The van der Waals surface area contributed by atoms with Crippen LogP contribution in [0.2, 0.25) is 5.02 Å². The van der Waals surface area contributed by atoms with E-state index in [1.165, 1.54) is 19.4 Å². The third kappa shape index (κ3) is 5.84. The molecule has 3 aromatic rings. The first-order chi connectivity index (χ1) is 20.1. The molecule has 0 spiro atoms. The van der Waals surface area contributed by atoms with Crippen LogP contribution < -0.4 is 20.1 Å². The van der Waals surface area contributed by atoms with Crippen LogP contribution in [0.25, 0.3) is 0 Å². The highest BCUT2D eigenvalue weighted by Gasteiger charge is 2.34. The lowest BCUT2D eigenvalue weighted by molar-refractivity contribution is 0.0781. The fourth-order valence-corrected chi connectivity index (χ4v) is 5.43. The van der Waals surface area contributed by atoms with Crippen LogP contribution in [0.1, 0.15) is 65.9 Å². The normalized spacial score (nSPS) is 17.4. The van der Waals surface area contributed by atoms with E-state index in [-0.39, 0.29) is 51.8 Å². The van der Waals surface area contributed by atoms with E-state index < -0.39 is 11.7 Å². The van der Waals surface area contributed by atoms with Crippen LogP contribution in [0.3, 0.4) is 0 Å². The minimum Gasteiger partial charge on any atom is -0.495 e. The number of fused-ring (bicyclic) bond motifs is 1. The highest BCUT2D eigenvalue weighted by atomic mass is 35.5. The third-order valence-electron chi connectivity index (χ3n) is 7.92. The van der Waals surface area contributed by atoms with Gasteiger partial charge in [0.1, 0.15) is 22.3 Å². The minimum atomic E-state index is -0.725. The van der Waals surface area contributed by atoms with Crippen molar-refractivity contribution < 1.29 is 23.5 Å². The number of rotatable bonds is 8. The maximum Gasteiger partial charge on any atom is 0.258 e. The first-order valence-electron chi connectivity index (χ1n) is 13.9. The fourth-order valence-electron chi connectivity index (χ4n) is 5.30. The summed E-state index contributed by atoms with van der Waals surface area (Å²) in [7, 11) is 3.15. The second-order valence-electron chi connectivity index (χ2n) is 10.8. The van der Waals surface area contributed by atoms with E-state index in [9.17, 15) is 9.59 Å². The molecule has 5 rings (SSSR count). The number of methoxy groups -OCH3 is 1. The van der Waals surface area contributed by atoms with E-state index >= 15 is 4.39 Å². The molecule has 0 saturated carbocycles. The number of halogens is 2. The molecule has 2 aromatic carbocycles. The SMILES string of the molecule is COc1cc(C(=O)NC2CCN(C(C)C)CC2)c(F)cc1Nc1ncc(Cl)c(Oc2cccc3c2C(=O)N(C)[C@H]3C)n1. The van der Waals surface area contributed by atoms with Gasteiger partial charge in [-0.1, -0.05) is 23.7 Å². The molecule has 0 aliphatic carbocycles. The number of nitrogens with zero attached hydrogens (tertiary/aromatic N) is 4. The maximum atomic E-state index is 15.2. The first-order valence-corrected chi connectivity index (χ1v) is 14.2. The molecule has 10 nitrogen and oxygen atoms in total. The number of benzene rings is 2. The Morgan fingerprint density at radius 1 is 1.19 bits per heavy atom. The van der Waals surface area contributed by atoms with Crippen LogP contribution >= 0.6 is 11.6 Å². The highest BCUT2D eigenvalue weighted by molar-refractivity contribution is 6.31. The number of likely N-dealkylation sites (tertiary alicyclic amines) is 1. The molecule has 2 amide bonds. The van der Waals surface area contributed by atoms with Crippen molar-refractivity contribution in [2.75, 3.05) is 32.6 Å². The molecule has 1 saturated heterocycles. The molecule has 2 N–H and O–H groups in total. The van der Waals surface area contributed by atoms with Crippen LogP contribution in [-0.4, -0.2) is 70.9 Å². The zero-order chi connectivity index (χ0) is 30.1. The van der Waals surface area contributed by atoms with Gasteiger partial charge < -0.3 is 29.9 Å². The van der Waals surface area contributed by atoms with E-state index in [0.717, 1.165) is 37.6 Å². The van der Waals surface area contributed by atoms with E-state index in [2.05, 4.69) is 39.3 Å². The van der Waals surface area contributed by atoms with Gasteiger partial charge in [0, 0.05) is 38.3 Å². The standard InChI is InChI=1S/C30H34ClFN6O4/c1-16(2)38-11-9-18(10-12-38)34-27(39)20-13-25(41-5)23(14-22(20)32)35-30-33-15-21(31)28(36-30)42-24-8-6-7-19-17(3)37(4)29(40)26(19)24/h6-8,13-18H,9-12H2,1-5H3,(H,34,39)(H,33,35,36)/t17-/m0/s1. The lowest BCUT2D eigenvalue weighted by Crippen LogP contribution is -2.46. The molecule has 42 heavy (non-hydrogen) atoms. The number of ether oxygens (including phenoxy) is 2. The van der Waals surface area contributed by atoms with Crippen LogP contribution in [0.15, 0.2) is 36.5 Å². The van der Waals surface area contributed by atoms with E-state index in [1.54, 1.807) is 24.1 Å². The van der Waals surface area contributed by atoms with Crippen molar-refractivity contribution in [1.82, 2.24) is 25.1 Å². The molecule has 1 aromatic heterocycles. The average Bonchev–Trinajstić information content (AvgIpc) is 3.19. The fraction of sp³-hybridized carbons (Fsp3) is 0.400. The molecule has 1 fully saturated rings. The predicted octanol–water partition coefficient (Wildman–Crippen LogP) is 5.56. The Balaban J connectivity index is 1.33. The third-order valence-corrected chi connectivity index (χ3v) is 8.18. The van der Waals surface area contributed by atoms with Crippen LogP contribution in [0, 0.1) is 5.82 Å². The van der Waals surface area contributed by atoms with Crippen LogP contribution in [0.4, 0.5) is 16.0 Å². The molecule has 222 valence electrons. The second-order valence-corrected chi connectivity index (χ2v) is 11.2. The number of aromatic nitrogens is 2. The molecule has 0 unspecified atom stereocenters. The Kier molecular flexibility index (Phi) is 8.51. The Hall–Kier alpha value is -3.96. The van der Waals surface area contributed by atoms with Crippen LogP contribution in [-0.2, 0) is 0 Å². The Bertz CT molecular complexity index is 1510. The van der Waals surface area contributed by atoms with Gasteiger partial charge in [-0.15, -0.1) is 0 Å². The smallest absolute Gasteiger partial charge is 0.258 e. The van der Waals surface area contributed by atoms with Crippen molar-refractivity contribution in [3.05, 3.63) is 64.1 Å². The molecule has 12 heteroatoms. The molecule has 3 heterocycles. The first kappa shape index (κ1) is 29.5. The Morgan fingerprint density at radius 2 is 1.93 bits per heavy atom. The number of hydrogen-bond acceptors (Lipinski definition) is 8. The highest BCUT2D eigenvalue weighted by Crippen LogP contribution is 2.40. The molecular formula is C30H34ClFN6O4. The summed E-state index contributed by atoms with van der Waals surface area (Å²) in [4.78, 5) is 38.3. The van der Waals surface area contributed by atoms with E-state index in [0.29, 0.717) is 17.4 Å². The van der Waals surface area contributed by atoms with Crippen molar-refractivity contribution in [2.45, 2.75) is 51.7 Å². The number of amides is 2. The predicted molar refractivity (Wildman–Crippen MR) is 157 cm³/mol. The number of nitrogens with one attached hydrogen (secondary N) is 2. The van der Waals surface area contributed by atoms with E-state index in [1.807, 2.05) is 13.0 Å². The van der Waals surface area contributed by atoms with Crippen molar-refractivity contribution in [3.8, 4) is 17.4 Å². The van der Waals surface area contributed by atoms with Crippen molar-refractivity contribution >= 4 is 35.1 Å². The van der Waals surface area contributed by atoms with Crippen LogP contribution in [0.5, 0.6) is 17.4 Å². The summed E-state index contributed by atoms with van der Waals surface area (Å²) in [5, 5.41) is 5.99. The zero-order valence-electron chi connectivity index (χ0n) is 24.2. The lowest BCUT2D eigenvalue weighted by Gasteiger charge is -2.34. The number of anilines is 2. The number of piperidine rings is 1. The maximum absolute atomic E-state index is 15.2. The summed E-state index contributed by atoms with van der Waals surface area (Å²) in [6.07, 6.45) is 2.94. The van der Waals surface area contributed by atoms with Gasteiger partial charge in [0.2, 0.25) is 11.8 Å². The van der Waals surface area contributed by atoms with Gasteiger partial charge in [-0.3, -0.25) is 9.59 Å². The summed E-state index contributed by atoms with van der Waals surface area (Å²) < 4.78 is 26.7. The van der Waals surface area contributed by atoms with E-state index in [4.69, 9.17) is 21.1 Å².